The first-order valence-corrected chi connectivity index (χ1v) is 9.25. The number of rotatable bonds is 5. The molecule has 28 heavy (non-hydrogen) atoms. The fraction of sp³-hybridized carbons (Fsp3) is 0.130. The van der Waals surface area contributed by atoms with Crippen LogP contribution in [0, 0.1) is 0 Å². The summed E-state index contributed by atoms with van der Waals surface area (Å²) >= 11 is 0. The molecular weight excluding hydrogens is 350 g/mol. The number of para-hydroxylation sites is 2. The Morgan fingerprint density at radius 2 is 1.61 bits per heavy atom. The molecule has 1 aliphatic heterocycles. The molecule has 0 aliphatic carbocycles. The molecular formula is C23H21N3O2. The van der Waals surface area contributed by atoms with Gasteiger partial charge in [0.15, 0.2) is 0 Å². The molecule has 2 N–H and O–H groups in total. The molecule has 0 saturated heterocycles. The van der Waals surface area contributed by atoms with Crippen LogP contribution in [0.4, 0.5) is 5.69 Å². The number of benzene rings is 3. The summed E-state index contributed by atoms with van der Waals surface area (Å²) in [6.45, 7) is 0.154. The predicted molar refractivity (Wildman–Crippen MR) is 110 cm³/mol. The van der Waals surface area contributed by atoms with Gasteiger partial charge in [0.1, 0.15) is 11.9 Å². The minimum absolute atomic E-state index is 0.130. The lowest BCUT2D eigenvalue weighted by atomic mass is 9.96. The quantitative estimate of drug-likeness (QED) is 0.663. The van der Waals surface area contributed by atoms with Crippen molar-refractivity contribution in [1.29, 1.82) is 0 Å². The van der Waals surface area contributed by atoms with Crippen LogP contribution in [-0.4, -0.2) is 18.2 Å². The molecule has 5 nitrogen and oxygen atoms in total. The average Bonchev–Trinajstić information content (AvgIpc) is 2.77. The van der Waals surface area contributed by atoms with Gasteiger partial charge in [-0.2, -0.15) is 5.10 Å². The molecule has 1 amide bonds. The van der Waals surface area contributed by atoms with E-state index in [4.69, 9.17) is 4.74 Å². The van der Waals surface area contributed by atoms with Crippen LogP contribution in [0.5, 0.6) is 5.75 Å². The normalized spacial score (nSPS) is 16.7. The number of fused-ring (bicyclic) bond motifs is 1. The number of anilines is 1. The Hall–Kier alpha value is -3.60. The van der Waals surface area contributed by atoms with Crippen molar-refractivity contribution in [3.8, 4) is 5.75 Å². The third kappa shape index (κ3) is 4.20. The Morgan fingerprint density at radius 3 is 2.39 bits per heavy atom. The van der Waals surface area contributed by atoms with Gasteiger partial charge in [-0.15, -0.1) is 0 Å². The van der Waals surface area contributed by atoms with Crippen molar-refractivity contribution in [2.45, 2.75) is 12.5 Å². The summed E-state index contributed by atoms with van der Waals surface area (Å²) < 4.78 is 6.15. The molecule has 0 radical (unpaired) electrons. The zero-order chi connectivity index (χ0) is 19.2. The Labute approximate surface area is 164 Å². The maximum Gasteiger partial charge on any atom is 0.259 e. The molecule has 3 aromatic carbocycles. The minimum atomic E-state index is -0.198. The van der Waals surface area contributed by atoms with E-state index in [1.54, 1.807) is 0 Å². The van der Waals surface area contributed by atoms with Gasteiger partial charge < -0.3 is 10.1 Å². The summed E-state index contributed by atoms with van der Waals surface area (Å²) in [4.78, 5) is 12.2. The van der Waals surface area contributed by atoms with E-state index in [-0.39, 0.29) is 18.6 Å². The molecule has 5 heteroatoms. The molecule has 0 saturated carbocycles. The highest BCUT2D eigenvalue weighted by Crippen LogP contribution is 2.34. The molecule has 140 valence electrons. The largest absolute Gasteiger partial charge is 0.485 e. The maximum absolute atomic E-state index is 12.2. The number of carbonyl (C=O) groups is 1. The third-order valence-corrected chi connectivity index (χ3v) is 4.56. The van der Waals surface area contributed by atoms with E-state index < -0.39 is 0 Å². The second-order valence-electron chi connectivity index (χ2n) is 6.53. The van der Waals surface area contributed by atoms with Crippen molar-refractivity contribution in [3.05, 3.63) is 96.1 Å². The number of amides is 1. The number of hydrogen-bond acceptors (Lipinski definition) is 4. The second kappa shape index (κ2) is 8.39. The van der Waals surface area contributed by atoms with E-state index in [1.807, 2.05) is 84.9 Å². The van der Waals surface area contributed by atoms with Crippen molar-refractivity contribution in [2.75, 3.05) is 11.9 Å². The molecule has 0 bridgehead atoms. The molecule has 0 fully saturated rings. The Morgan fingerprint density at radius 1 is 0.929 bits per heavy atom. The van der Waals surface area contributed by atoms with Crippen molar-refractivity contribution in [3.63, 3.8) is 0 Å². The fourth-order valence-corrected chi connectivity index (χ4v) is 3.16. The summed E-state index contributed by atoms with van der Waals surface area (Å²) in [6.07, 6.45) is 0.460. The number of ether oxygens (including phenoxy) is 1. The molecule has 0 aromatic heterocycles. The Balaban J connectivity index is 1.48. The highest BCUT2D eigenvalue weighted by atomic mass is 16.5. The zero-order valence-electron chi connectivity index (χ0n) is 15.3. The van der Waals surface area contributed by atoms with Crippen LogP contribution in [0.1, 0.15) is 23.7 Å². The lowest BCUT2D eigenvalue weighted by molar-refractivity contribution is -0.119. The molecule has 0 unspecified atom stereocenters. The highest BCUT2D eigenvalue weighted by Gasteiger charge is 2.26. The van der Waals surface area contributed by atoms with Crippen LogP contribution in [0.25, 0.3) is 0 Å². The van der Waals surface area contributed by atoms with Gasteiger partial charge in [-0.25, -0.2) is 5.43 Å². The van der Waals surface area contributed by atoms with Gasteiger partial charge in [-0.3, -0.25) is 4.79 Å². The first-order chi connectivity index (χ1) is 13.8. The van der Waals surface area contributed by atoms with Crippen molar-refractivity contribution >= 4 is 17.3 Å². The van der Waals surface area contributed by atoms with E-state index in [0.29, 0.717) is 6.42 Å². The van der Waals surface area contributed by atoms with Crippen LogP contribution < -0.4 is 15.5 Å². The van der Waals surface area contributed by atoms with Gasteiger partial charge in [-0.05, 0) is 29.8 Å². The summed E-state index contributed by atoms with van der Waals surface area (Å²) in [5.74, 6) is 0.578. The summed E-state index contributed by atoms with van der Waals surface area (Å²) in [5, 5.41) is 7.49. The number of nitrogens with zero attached hydrogens (tertiary/aromatic N) is 1. The van der Waals surface area contributed by atoms with Crippen molar-refractivity contribution < 1.29 is 9.53 Å². The van der Waals surface area contributed by atoms with E-state index in [1.165, 1.54) is 0 Å². The smallest absolute Gasteiger partial charge is 0.259 e. The first-order valence-electron chi connectivity index (χ1n) is 9.25. The van der Waals surface area contributed by atoms with E-state index in [0.717, 1.165) is 28.3 Å². The Kier molecular flexibility index (Phi) is 5.33. The summed E-state index contributed by atoms with van der Waals surface area (Å²) in [6, 6.07) is 27.4. The number of carbonyl (C=O) groups excluding carboxylic acids is 1. The monoisotopic (exact) mass is 371 g/mol. The van der Waals surface area contributed by atoms with Crippen molar-refractivity contribution in [2.24, 2.45) is 5.10 Å². The van der Waals surface area contributed by atoms with Crippen LogP contribution in [-0.2, 0) is 4.79 Å². The minimum Gasteiger partial charge on any atom is -0.485 e. The van der Waals surface area contributed by atoms with Crippen LogP contribution in [0.2, 0.25) is 0 Å². The van der Waals surface area contributed by atoms with Gasteiger partial charge in [0.2, 0.25) is 0 Å². The van der Waals surface area contributed by atoms with Crippen LogP contribution >= 0.6 is 0 Å². The third-order valence-electron chi connectivity index (χ3n) is 4.56. The van der Waals surface area contributed by atoms with E-state index in [9.17, 15) is 4.79 Å². The number of hydrogen-bond donors (Lipinski definition) is 2. The molecule has 1 heterocycles. The zero-order valence-corrected chi connectivity index (χ0v) is 15.3. The number of nitrogens with one attached hydrogen (secondary N) is 2. The van der Waals surface area contributed by atoms with Crippen LogP contribution in [0.15, 0.2) is 90.0 Å². The van der Waals surface area contributed by atoms with Gasteiger partial charge in [-0.1, -0.05) is 60.7 Å². The SMILES string of the molecule is O=C(CNc1ccccc1)NN=C1C[C@@H](c2ccccc2)Oc2ccccc21. The maximum atomic E-state index is 12.2. The van der Waals surface area contributed by atoms with Gasteiger partial charge in [0, 0.05) is 17.7 Å². The van der Waals surface area contributed by atoms with E-state index >= 15 is 0 Å². The first kappa shape index (κ1) is 17.8. The molecule has 1 atom stereocenters. The molecule has 1 aliphatic rings. The van der Waals surface area contributed by atoms with Gasteiger partial charge in [0.05, 0.1) is 12.3 Å². The second-order valence-corrected chi connectivity index (χ2v) is 6.53. The van der Waals surface area contributed by atoms with Crippen LogP contribution in [0.3, 0.4) is 0 Å². The summed E-state index contributed by atoms with van der Waals surface area (Å²) in [5.41, 5.74) is 6.36. The predicted octanol–water partition coefficient (Wildman–Crippen LogP) is 4.14. The topological polar surface area (TPSA) is 62.7 Å². The lowest BCUT2D eigenvalue weighted by Crippen LogP contribution is -2.29. The Bertz CT molecular complexity index is 971. The molecule has 4 rings (SSSR count). The molecule has 0 spiro atoms. The highest BCUT2D eigenvalue weighted by molar-refractivity contribution is 6.04. The van der Waals surface area contributed by atoms with Crippen molar-refractivity contribution in [1.82, 2.24) is 5.43 Å². The summed E-state index contributed by atoms with van der Waals surface area (Å²) in [7, 11) is 0. The standard InChI is InChI=1S/C23H21N3O2/c27-23(16-24-18-11-5-2-6-12-18)26-25-20-15-22(17-9-3-1-4-10-17)28-21-14-8-7-13-19(20)21/h1-14,22,24H,15-16H2,(H,26,27)/t22-/m0/s1. The van der Waals surface area contributed by atoms with Gasteiger partial charge >= 0.3 is 0 Å². The average molecular weight is 371 g/mol. The molecule has 3 aromatic rings. The fourth-order valence-electron chi connectivity index (χ4n) is 3.16. The number of hydrazone groups is 1. The van der Waals surface area contributed by atoms with Gasteiger partial charge in [0.25, 0.3) is 5.91 Å². The lowest BCUT2D eigenvalue weighted by Gasteiger charge is -2.27. The van der Waals surface area contributed by atoms with E-state index in [2.05, 4.69) is 15.8 Å².